The van der Waals surface area contributed by atoms with Crippen LogP contribution in [0.3, 0.4) is 0 Å². The zero-order valence-corrected chi connectivity index (χ0v) is 15.8. The number of carbonyl (C=O) groups excluding carboxylic acids is 2. The fraction of sp³-hybridized carbons (Fsp3) is 0.111. The summed E-state index contributed by atoms with van der Waals surface area (Å²) in [5.41, 5.74) is 3.54. The van der Waals surface area contributed by atoms with Crippen LogP contribution in [0.4, 0.5) is 0 Å². The predicted octanol–water partition coefficient (Wildman–Crippen LogP) is 2.84. The molecule has 0 saturated carbocycles. The van der Waals surface area contributed by atoms with Crippen molar-refractivity contribution in [3.8, 4) is 0 Å². The van der Waals surface area contributed by atoms with Crippen LogP contribution >= 0.6 is 15.9 Å². The van der Waals surface area contributed by atoms with Gasteiger partial charge in [-0.2, -0.15) is 10.2 Å². The third-order valence-corrected chi connectivity index (χ3v) is 3.93. The molecule has 0 aliphatic heterocycles. The standard InChI is InChI=1S/C18H15BrN4O4/c1-26-18(25)13-4-2-12(3-5-13)8-20-22-17(24)16-7-6-15(27-16)11-23-10-14(19)9-21-23/h2-10H,11H2,1H3,(H,22,24)/b20-8+. The number of benzene rings is 1. The fourth-order valence-corrected chi connectivity index (χ4v) is 2.54. The maximum Gasteiger partial charge on any atom is 0.337 e. The summed E-state index contributed by atoms with van der Waals surface area (Å²) in [6, 6.07) is 9.89. The number of furan rings is 1. The van der Waals surface area contributed by atoms with E-state index in [1.165, 1.54) is 13.3 Å². The molecule has 27 heavy (non-hydrogen) atoms. The SMILES string of the molecule is COC(=O)c1ccc(/C=N/NC(=O)c2ccc(Cn3cc(Br)cn3)o2)cc1. The lowest BCUT2D eigenvalue weighted by atomic mass is 10.1. The number of hydrogen-bond acceptors (Lipinski definition) is 6. The number of hydrazone groups is 1. The van der Waals surface area contributed by atoms with E-state index in [1.54, 1.807) is 53.5 Å². The topological polar surface area (TPSA) is 98.7 Å². The summed E-state index contributed by atoms with van der Waals surface area (Å²) in [7, 11) is 1.32. The van der Waals surface area contributed by atoms with E-state index < -0.39 is 11.9 Å². The van der Waals surface area contributed by atoms with Gasteiger partial charge >= 0.3 is 11.9 Å². The maximum atomic E-state index is 12.1. The third-order valence-electron chi connectivity index (χ3n) is 3.52. The predicted molar refractivity (Wildman–Crippen MR) is 101 cm³/mol. The number of ether oxygens (including phenoxy) is 1. The second kappa shape index (κ2) is 8.45. The molecular weight excluding hydrogens is 416 g/mol. The van der Waals surface area contributed by atoms with Gasteiger partial charge in [-0.15, -0.1) is 0 Å². The van der Waals surface area contributed by atoms with E-state index >= 15 is 0 Å². The van der Waals surface area contributed by atoms with Gasteiger partial charge in [0, 0.05) is 6.20 Å². The molecule has 2 aromatic heterocycles. The average Bonchev–Trinajstić information content (AvgIpc) is 3.31. The van der Waals surface area contributed by atoms with Crippen molar-refractivity contribution in [2.24, 2.45) is 5.10 Å². The first kappa shape index (κ1) is 18.6. The minimum Gasteiger partial charge on any atom is -0.465 e. The van der Waals surface area contributed by atoms with Crippen LogP contribution in [0.15, 0.2) is 62.8 Å². The Morgan fingerprint density at radius 2 is 2.07 bits per heavy atom. The molecule has 8 nitrogen and oxygen atoms in total. The van der Waals surface area contributed by atoms with Gasteiger partial charge in [-0.05, 0) is 45.8 Å². The first-order valence-electron chi connectivity index (χ1n) is 7.83. The van der Waals surface area contributed by atoms with Crippen LogP contribution in [-0.4, -0.2) is 35.0 Å². The Kier molecular flexibility index (Phi) is 5.82. The van der Waals surface area contributed by atoms with Crippen LogP contribution in [0, 0.1) is 0 Å². The van der Waals surface area contributed by atoms with Crippen molar-refractivity contribution in [2.45, 2.75) is 6.54 Å². The molecule has 1 N–H and O–H groups in total. The zero-order valence-electron chi connectivity index (χ0n) is 14.3. The van der Waals surface area contributed by atoms with Gasteiger partial charge in [0.15, 0.2) is 5.76 Å². The summed E-state index contributed by atoms with van der Waals surface area (Å²) in [5.74, 6) is -0.138. The lowest BCUT2D eigenvalue weighted by Crippen LogP contribution is -2.16. The van der Waals surface area contributed by atoms with E-state index in [4.69, 9.17) is 4.42 Å². The number of rotatable bonds is 6. The number of hydrogen-bond donors (Lipinski definition) is 1. The van der Waals surface area contributed by atoms with Crippen LogP contribution in [0.25, 0.3) is 0 Å². The molecule has 2 heterocycles. The van der Waals surface area contributed by atoms with Crippen LogP contribution in [-0.2, 0) is 11.3 Å². The Morgan fingerprint density at radius 3 is 2.74 bits per heavy atom. The van der Waals surface area contributed by atoms with Crippen molar-refractivity contribution in [3.05, 3.63) is 75.9 Å². The van der Waals surface area contributed by atoms with Crippen molar-refractivity contribution in [1.82, 2.24) is 15.2 Å². The first-order valence-corrected chi connectivity index (χ1v) is 8.63. The van der Waals surface area contributed by atoms with E-state index in [-0.39, 0.29) is 5.76 Å². The number of halogens is 1. The van der Waals surface area contributed by atoms with Gasteiger partial charge in [0.25, 0.3) is 0 Å². The maximum absolute atomic E-state index is 12.1. The quantitative estimate of drug-likeness (QED) is 0.368. The lowest BCUT2D eigenvalue weighted by molar-refractivity contribution is 0.0600. The number of nitrogens with one attached hydrogen (secondary N) is 1. The van der Waals surface area contributed by atoms with E-state index in [9.17, 15) is 9.59 Å². The summed E-state index contributed by atoms with van der Waals surface area (Å²) in [6.07, 6.45) is 4.94. The van der Waals surface area contributed by atoms with Crippen LogP contribution in [0.1, 0.15) is 32.2 Å². The molecule has 138 valence electrons. The molecule has 0 radical (unpaired) electrons. The van der Waals surface area contributed by atoms with Gasteiger partial charge in [0.05, 0.1) is 36.1 Å². The van der Waals surface area contributed by atoms with Crippen molar-refractivity contribution >= 4 is 34.0 Å². The molecule has 3 aromatic rings. The van der Waals surface area contributed by atoms with Crippen LogP contribution in [0.2, 0.25) is 0 Å². The number of methoxy groups -OCH3 is 1. The minimum absolute atomic E-state index is 0.148. The lowest BCUT2D eigenvalue weighted by Gasteiger charge is -2.00. The molecule has 0 unspecified atom stereocenters. The van der Waals surface area contributed by atoms with Crippen LogP contribution in [0.5, 0.6) is 0 Å². The Labute approximate surface area is 162 Å². The molecule has 1 aromatic carbocycles. The second-order valence-electron chi connectivity index (χ2n) is 5.43. The highest BCUT2D eigenvalue weighted by Gasteiger charge is 2.11. The number of amides is 1. The summed E-state index contributed by atoms with van der Waals surface area (Å²) < 4.78 is 12.7. The third kappa shape index (κ3) is 4.91. The molecule has 0 fully saturated rings. The highest BCUT2D eigenvalue weighted by molar-refractivity contribution is 9.10. The number of esters is 1. The molecule has 0 saturated heterocycles. The Balaban J connectivity index is 1.56. The van der Waals surface area contributed by atoms with Gasteiger partial charge in [-0.1, -0.05) is 12.1 Å². The highest BCUT2D eigenvalue weighted by atomic mass is 79.9. The van der Waals surface area contributed by atoms with E-state index in [0.29, 0.717) is 23.4 Å². The summed E-state index contributed by atoms with van der Waals surface area (Å²) in [5, 5.41) is 8.01. The van der Waals surface area contributed by atoms with Gasteiger partial charge < -0.3 is 9.15 Å². The number of aromatic nitrogens is 2. The van der Waals surface area contributed by atoms with Crippen LogP contribution < -0.4 is 5.43 Å². The van der Waals surface area contributed by atoms with Crippen molar-refractivity contribution in [2.75, 3.05) is 7.11 Å². The zero-order chi connectivity index (χ0) is 19.2. The molecule has 1 amide bonds. The number of carbonyl (C=O) groups is 2. The Morgan fingerprint density at radius 1 is 1.30 bits per heavy atom. The van der Waals surface area contributed by atoms with E-state index in [0.717, 1.165) is 4.47 Å². The molecule has 9 heteroatoms. The van der Waals surface area contributed by atoms with Crippen molar-refractivity contribution in [3.63, 3.8) is 0 Å². The van der Waals surface area contributed by atoms with Gasteiger partial charge in [0.2, 0.25) is 0 Å². The molecule has 0 spiro atoms. The summed E-state index contributed by atoms with van der Waals surface area (Å²) >= 11 is 3.32. The minimum atomic E-state index is -0.467. The normalized spacial score (nSPS) is 10.9. The largest absolute Gasteiger partial charge is 0.465 e. The molecule has 0 atom stereocenters. The fourth-order valence-electron chi connectivity index (χ4n) is 2.21. The summed E-state index contributed by atoms with van der Waals surface area (Å²) in [6.45, 7) is 0.411. The second-order valence-corrected chi connectivity index (χ2v) is 6.35. The number of nitrogens with zero attached hydrogens (tertiary/aromatic N) is 3. The van der Waals surface area contributed by atoms with Crippen molar-refractivity contribution < 1.29 is 18.7 Å². The van der Waals surface area contributed by atoms with E-state index in [1.807, 2.05) is 0 Å². The molecular formula is C18H15BrN4O4. The molecule has 0 aliphatic rings. The average molecular weight is 431 g/mol. The molecule has 3 rings (SSSR count). The molecule has 0 aliphatic carbocycles. The Bertz CT molecular complexity index is 975. The monoisotopic (exact) mass is 430 g/mol. The smallest absolute Gasteiger partial charge is 0.337 e. The first-order chi connectivity index (χ1) is 13.0. The van der Waals surface area contributed by atoms with E-state index in [2.05, 4.69) is 36.3 Å². The van der Waals surface area contributed by atoms with Gasteiger partial charge in [0.1, 0.15) is 5.76 Å². The summed E-state index contributed by atoms with van der Waals surface area (Å²) in [4.78, 5) is 23.4. The molecule has 0 bridgehead atoms. The van der Waals surface area contributed by atoms with Gasteiger partial charge in [-0.3, -0.25) is 9.48 Å². The highest BCUT2D eigenvalue weighted by Crippen LogP contribution is 2.12. The van der Waals surface area contributed by atoms with Gasteiger partial charge in [-0.25, -0.2) is 10.2 Å². The Hall–Kier alpha value is -3.20. The van der Waals surface area contributed by atoms with Crippen molar-refractivity contribution in [1.29, 1.82) is 0 Å².